The Morgan fingerprint density at radius 3 is 1.62 bits per heavy atom. The van der Waals surface area contributed by atoms with Gasteiger partial charge in [0.1, 0.15) is 12.2 Å². The zero-order chi connectivity index (χ0) is 15.0. The molecule has 0 radical (unpaired) electrons. The van der Waals surface area contributed by atoms with Crippen LogP contribution in [0.3, 0.4) is 0 Å². The summed E-state index contributed by atoms with van der Waals surface area (Å²) in [6.07, 6.45) is -0.598. The second-order valence-corrected chi connectivity index (χ2v) is 4.68. The molecule has 0 amide bonds. The van der Waals surface area contributed by atoms with E-state index in [0.717, 1.165) is 0 Å². The van der Waals surface area contributed by atoms with Crippen molar-refractivity contribution < 1.29 is 14.6 Å². The molecule has 1 fully saturated rings. The molecule has 7 nitrogen and oxygen atoms in total. The molecule has 0 spiro atoms. The molecule has 2 atom stereocenters. The molecule has 0 unspecified atom stereocenters. The lowest BCUT2D eigenvalue weighted by molar-refractivity contribution is -0.385. The maximum atomic E-state index is 10.8. The maximum Gasteiger partial charge on any atom is 0.269 e. The van der Waals surface area contributed by atoms with E-state index in [4.69, 9.17) is 4.74 Å². The molecule has 7 heteroatoms. The van der Waals surface area contributed by atoms with Gasteiger partial charge in [0.15, 0.2) is 0 Å². The van der Waals surface area contributed by atoms with E-state index in [2.05, 4.69) is 0 Å². The maximum absolute atomic E-state index is 10.8. The molecular weight excluding hydrogens is 276 g/mol. The van der Waals surface area contributed by atoms with Gasteiger partial charge < -0.3 is 4.74 Å². The van der Waals surface area contributed by atoms with Crippen LogP contribution in [0.1, 0.15) is 23.3 Å². The van der Waals surface area contributed by atoms with Gasteiger partial charge in [0, 0.05) is 24.3 Å². The summed E-state index contributed by atoms with van der Waals surface area (Å²) in [6, 6.07) is 12.4. The van der Waals surface area contributed by atoms with Crippen molar-refractivity contribution in [3.8, 4) is 0 Å². The molecule has 2 aromatic carbocycles. The summed E-state index contributed by atoms with van der Waals surface area (Å²) in [5.41, 5.74) is 1.39. The molecular formula is C14H10N2O5. The van der Waals surface area contributed by atoms with Gasteiger partial charge in [-0.15, -0.1) is 0 Å². The second kappa shape index (κ2) is 4.95. The number of nitro groups is 2. The van der Waals surface area contributed by atoms with Gasteiger partial charge in [0.25, 0.3) is 11.4 Å². The van der Waals surface area contributed by atoms with Crippen LogP contribution in [0.2, 0.25) is 0 Å². The van der Waals surface area contributed by atoms with Crippen LogP contribution in [0.5, 0.6) is 0 Å². The van der Waals surface area contributed by atoms with Crippen LogP contribution in [0.4, 0.5) is 11.4 Å². The fourth-order valence-electron chi connectivity index (χ4n) is 2.25. The van der Waals surface area contributed by atoms with Crippen molar-refractivity contribution in [3.63, 3.8) is 0 Å². The van der Waals surface area contributed by atoms with E-state index in [9.17, 15) is 20.2 Å². The predicted octanol–water partition coefficient (Wildman–Crippen LogP) is 3.32. The van der Waals surface area contributed by atoms with Crippen LogP contribution in [0.15, 0.2) is 48.5 Å². The number of ether oxygens (including phenoxy) is 1. The Morgan fingerprint density at radius 2 is 1.24 bits per heavy atom. The first-order chi connectivity index (χ1) is 10.1. The van der Waals surface area contributed by atoms with Crippen LogP contribution < -0.4 is 0 Å². The first-order valence-electron chi connectivity index (χ1n) is 6.20. The Morgan fingerprint density at radius 1 is 0.810 bits per heavy atom. The normalized spacial score (nSPS) is 20.0. The number of hydrogen-bond donors (Lipinski definition) is 0. The molecule has 1 heterocycles. The van der Waals surface area contributed by atoms with Gasteiger partial charge in [-0.2, -0.15) is 0 Å². The molecule has 0 aromatic heterocycles. The highest BCUT2D eigenvalue weighted by Gasteiger charge is 2.42. The molecule has 0 saturated carbocycles. The molecule has 2 aromatic rings. The van der Waals surface area contributed by atoms with E-state index >= 15 is 0 Å². The van der Waals surface area contributed by atoms with E-state index in [1.54, 1.807) is 24.3 Å². The van der Waals surface area contributed by atoms with Gasteiger partial charge in [0.2, 0.25) is 0 Å². The Balaban J connectivity index is 1.83. The minimum Gasteiger partial charge on any atom is -0.359 e. The molecule has 106 valence electrons. The number of rotatable bonds is 4. The number of epoxide rings is 1. The SMILES string of the molecule is O=[N+]([O-])c1cccc([C@H]2O[C@@H]2c2cccc([N+](=O)[O-])c2)c1. The van der Waals surface area contributed by atoms with Crippen LogP contribution >= 0.6 is 0 Å². The third-order valence-corrected chi connectivity index (χ3v) is 3.31. The summed E-state index contributed by atoms with van der Waals surface area (Å²) >= 11 is 0. The third kappa shape index (κ3) is 2.59. The molecule has 1 saturated heterocycles. The molecule has 1 aliphatic heterocycles. The summed E-state index contributed by atoms with van der Waals surface area (Å²) in [5.74, 6) is 0. The summed E-state index contributed by atoms with van der Waals surface area (Å²) in [7, 11) is 0. The van der Waals surface area contributed by atoms with Crippen molar-refractivity contribution in [2.45, 2.75) is 12.2 Å². The van der Waals surface area contributed by atoms with E-state index in [-0.39, 0.29) is 23.6 Å². The van der Waals surface area contributed by atoms with Crippen LogP contribution in [-0.2, 0) is 4.74 Å². The van der Waals surface area contributed by atoms with Gasteiger partial charge in [-0.3, -0.25) is 20.2 Å². The van der Waals surface area contributed by atoms with Crippen molar-refractivity contribution in [2.24, 2.45) is 0 Å². The summed E-state index contributed by atoms with van der Waals surface area (Å²) < 4.78 is 5.51. The highest BCUT2D eigenvalue weighted by molar-refractivity contribution is 5.41. The Hall–Kier alpha value is -2.80. The highest BCUT2D eigenvalue weighted by atomic mass is 16.6. The van der Waals surface area contributed by atoms with Crippen molar-refractivity contribution in [3.05, 3.63) is 79.9 Å². The van der Waals surface area contributed by atoms with Crippen LogP contribution in [0.25, 0.3) is 0 Å². The lowest BCUT2D eigenvalue weighted by Crippen LogP contribution is -1.91. The Labute approximate surface area is 119 Å². The molecule has 0 bridgehead atoms. The number of nitro benzene ring substituents is 2. The van der Waals surface area contributed by atoms with Gasteiger partial charge in [-0.1, -0.05) is 24.3 Å². The Bertz CT molecular complexity index is 669. The molecule has 3 rings (SSSR count). The quantitative estimate of drug-likeness (QED) is 0.487. The van der Waals surface area contributed by atoms with Crippen LogP contribution in [0, 0.1) is 20.2 Å². The highest BCUT2D eigenvalue weighted by Crippen LogP contribution is 2.51. The monoisotopic (exact) mass is 286 g/mol. The minimum atomic E-state index is -0.464. The average molecular weight is 286 g/mol. The van der Waals surface area contributed by atoms with Gasteiger partial charge in [-0.25, -0.2) is 0 Å². The number of benzene rings is 2. The van der Waals surface area contributed by atoms with Gasteiger partial charge in [-0.05, 0) is 11.1 Å². The van der Waals surface area contributed by atoms with Gasteiger partial charge >= 0.3 is 0 Å². The predicted molar refractivity (Wildman–Crippen MR) is 72.8 cm³/mol. The lowest BCUT2D eigenvalue weighted by atomic mass is 10.0. The number of hydrogen-bond acceptors (Lipinski definition) is 5. The third-order valence-electron chi connectivity index (χ3n) is 3.31. The first kappa shape index (κ1) is 13.2. The fourth-order valence-corrected chi connectivity index (χ4v) is 2.25. The summed E-state index contributed by atoms with van der Waals surface area (Å²) in [4.78, 5) is 20.6. The Kier molecular flexibility index (Phi) is 3.11. The van der Waals surface area contributed by atoms with Crippen molar-refractivity contribution in [2.75, 3.05) is 0 Å². The smallest absolute Gasteiger partial charge is 0.269 e. The van der Waals surface area contributed by atoms with E-state index in [0.29, 0.717) is 11.1 Å². The standard InChI is InChI=1S/C14H10N2O5/c17-15(18)11-5-1-3-9(7-11)13-14(21-13)10-4-2-6-12(8-10)16(19)20/h1-8,13-14H/t13-,14-/m1/s1. The van der Waals surface area contributed by atoms with Gasteiger partial charge in [0.05, 0.1) is 9.85 Å². The van der Waals surface area contributed by atoms with E-state index in [1.807, 2.05) is 0 Å². The first-order valence-corrected chi connectivity index (χ1v) is 6.20. The average Bonchev–Trinajstić information content (AvgIpc) is 3.28. The topological polar surface area (TPSA) is 98.8 Å². The zero-order valence-electron chi connectivity index (χ0n) is 10.7. The van der Waals surface area contributed by atoms with Crippen molar-refractivity contribution in [1.82, 2.24) is 0 Å². The van der Waals surface area contributed by atoms with Crippen molar-refractivity contribution in [1.29, 1.82) is 0 Å². The number of nitrogens with zero attached hydrogens (tertiary/aromatic N) is 2. The van der Waals surface area contributed by atoms with Crippen molar-refractivity contribution >= 4 is 11.4 Å². The minimum absolute atomic E-state index is 0.000734. The van der Waals surface area contributed by atoms with E-state index in [1.165, 1.54) is 24.3 Å². The summed E-state index contributed by atoms with van der Waals surface area (Å²) in [6.45, 7) is 0. The fraction of sp³-hybridized carbons (Fsp3) is 0.143. The molecule has 1 aliphatic rings. The van der Waals surface area contributed by atoms with E-state index < -0.39 is 9.85 Å². The largest absolute Gasteiger partial charge is 0.359 e. The molecule has 0 aliphatic carbocycles. The lowest BCUT2D eigenvalue weighted by Gasteiger charge is -1.98. The van der Waals surface area contributed by atoms with Crippen LogP contribution in [-0.4, -0.2) is 9.85 Å². The molecule has 0 N–H and O–H groups in total. The number of non-ortho nitro benzene ring substituents is 2. The molecule has 21 heavy (non-hydrogen) atoms. The summed E-state index contributed by atoms with van der Waals surface area (Å²) in [5, 5.41) is 21.5. The second-order valence-electron chi connectivity index (χ2n) is 4.68. The zero-order valence-corrected chi connectivity index (χ0v) is 10.7.